The third-order valence-electron chi connectivity index (χ3n) is 1.59. The molecule has 4 heteroatoms. The van der Waals surface area contributed by atoms with Gasteiger partial charge in [0.05, 0.1) is 0 Å². The number of rotatable bonds is 4. The first kappa shape index (κ1) is 10.8. The highest BCUT2D eigenvalue weighted by molar-refractivity contribution is 4.59. The minimum absolute atomic E-state index is 0.178. The Morgan fingerprint density at radius 1 is 1.36 bits per heavy atom. The zero-order valence-corrected chi connectivity index (χ0v) is 6.83. The first-order chi connectivity index (χ1) is 4.95. The molecule has 0 aliphatic rings. The monoisotopic (exact) mass is 169 g/mol. The summed E-state index contributed by atoms with van der Waals surface area (Å²) in [5, 5.41) is 2.88. The lowest BCUT2D eigenvalue weighted by molar-refractivity contribution is -0.135. The predicted octanol–water partition coefficient (Wildman–Crippen LogP) is 2.33. The van der Waals surface area contributed by atoms with Gasteiger partial charge in [-0.25, -0.2) is 0 Å². The molecule has 1 N–H and O–H groups in total. The molecule has 0 saturated carbocycles. The molecule has 0 amide bonds. The Morgan fingerprint density at radius 2 is 1.91 bits per heavy atom. The summed E-state index contributed by atoms with van der Waals surface area (Å²) < 4.78 is 34.8. The topological polar surface area (TPSA) is 12.0 Å². The van der Waals surface area contributed by atoms with Crippen molar-refractivity contribution in [3.05, 3.63) is 0 Å². The van der Waals surface area contributed by atoms with E-state index < -0.39 is 12.6 Å². The van der Waals surface area contributed by atoms with E-state index in [9.17, 15) is 13.2 Å². The van der Waals surface area contributed by atoms with Crippen molar-refractivity contribution in [2.75, 3.05) is 7.05 Å². The highest BCUT2D eigenvalue weighted by atomic mass is 19.4. The van der Waals surface area contributed by atoms with Gasteiger partial charge in [-0.1, -0.05) is 0 Å². The molecule has 0 bridgehead atoms. The van der Waals surface area contributed by atoms with Crippen LogP contribution in [0, 0.1) is 0 Å². The largest absolute Gasteiger partial charge is 0.389 e. The molecule has 1 atom stereocenters. The van der Waals surface area contributed by atoms with Crippen molar-refractivity contribution >= 4 is 0 Å². The minimum Gasteiger partial charge on any atom is -0.317 e. The number of hydrogen-bond donors (Lipinski definition) is 1. The maximum atomic E-state index is 11.6. The summed E-state index contributed by atoms with van der Waals surface area (Å²) in [6.45, 7) is 1.87. The number of hydrogen-bond acceptors (Lipinski definition) is 1. The van der Waals surface area contributed by atoms with Crippen molar-refractivity contribution in [1.29, 1.82) is 0 Å². The quantitative estimate of drug-likeness (QED) is 0.681. The Kier molecular flexibility index (Phi) is 4.49. The van der Waals surface area contributed by atoms with Crippen molar-refractivity contribution < 1.29 is 13.2 Å². The molecule has 0 aromatic carbocycles. The molecule has 0 aliphatic heterocycles. The molecule has 0 aromatic rings. The molecule has 1 unspecified atom stereocenters. The van der Waals surface area contributed by atoms with Crippen molar-refractivity contribution in [3.8, 4) is 0 Å². The number of alkyl halides is 3. The smallest absolute Gasteiger partial charge is 0.317 e. The van der Waals surface area contributed by atoms with E-state index in [2.05, 4.69) is 5.32 Å². The second-order valence-corrected chi connectivity index (χ2v) is 2.70. The lowest BCUT2D eigenvalue weighted by atomic mass is 10.1. The molecule has 0 aliphatic carbocycles. The van der Waals surface area contributed by atoms with Crippen LogP contribution < -0.4 is 5.32 Å². The fraction of sp³-hybridized carbons (Fsp3) is 1.00. The molecule has 0 spiro atoms. The molecule has 0 fully saturated rings. The van der Waals surface area contributed by atoms with Crippen molar-refractivity contribution in [2.45, 2.75) is 38.4 Å². The Balaban J connectivity index is 3.28. The second-order valence-electron chi connectivity index (χ2n) is 2.70. The zero-order chi connectivity index (χ0) is 8.91. The number of nitrogens with one attached hydrogen (secondary N) is 1. The van der Waals surface area contributed by atoms with E-state index in [1.54, 1.807) is 7.05 Å². The van der Waals surface area contributed by atoms with Crippen LogP contribution in [-0.2, 0) is 0 Å². The highest BCUT2D eigenvalue weighted by Crippen LogP contribution is 2.22. The van der Waals surface area contributed by atoms with Gasteiger partial charge in [-0.3, -0.25) is 0 Å². The third kappa shape index (κ3) is 7.65. The van der Waals surface area contributed by atoms with Gasteiger partial charge in [0.1, 0.15) is 0 Å². The van der Waals surface area contributed by atoms with Crippen LogP contribution in [0.3, 0.4) is 0 Å². The maximum Gasteiger partial charge on any atom is 0.389 e. The van der Waals surface area contributed by atoms with Crippen molar-refractivity contribution in [3.63, 3.8) is 0 Å². The lowest BCUT2D eigenvalue weighted by Gasteiger charge is -2.10. The van der Waals surface area contributed by atoms with E-state index in [1.165, 1.54) is 0 Å². The summed E-state index contributed by atoms with van der Waals surface area (Å²) >= 11 is 0. The molecule has 0 radical (unpaired) electrons. The average Bonchev–Trinajstić information content (AvgIpc) is 1.85. The first-order valence-electron chi connectivity index (χ1n) is 3.69. The van der Waals surface area contributed by atoms with Crippen LogP contribution in [-0.4, -0.2) is 19.3 Å². The fourth-order valence-corrected chi connectivity index (χ4v) is 0.753. The first-order valence-corrected chi connectivity index (χ1v) is 3.69. The van der Waals surface area contributed by atoms with Gasteiger partial charge in [0, 0.05) is 12.5 Å². The average molecular weight is 169 g/mol. The van der Waals surface area contributed by atoms with Gasteiger partial charge in [0.2, 0.25) is 0 Å². The van der Waals surface area contributed by atoms with Crippen molar-refractivity contribution in [1.82, 2.24) is 5.32 Å². The molecular weight excluding hydrogens is 155 g/mol. The van der Waals surface area contributed by atoms with Gasteiger partial charge >= 0.3 is 6.18 Å². The second kappa shape index (κ2) is 4.59. The third-order valence-corrected chi connectivity index (χ3v) is 1.59. The Morgan fingerprint density at radius 3 is 2.27 bits per heavy atom. The minimum atomic E-state index is -3.99. The lowest BCUT2D eigenvalue weighted by Crippen LogP contribution is -2.21. The Hall–Kier alpha value is -0.250. The summed E-state index contributed by atoms with van der Waals surface area (Å²) in [4.78, 5) is 0. The van der Waals surface area contributed by atoms with Crippen LogP contribution in [0.1, 0.15) is 26.2 Å². The molecular formula is C7H14F3N. The summed E-state index contributed by atoms with van der Waals surface area (Å²) in [5.74, 6) is 0. The number of halogens is 3. The van der Waals surface area contributed by atoms with Gasteiger partial charge < -0.3 is 5.32 Å². The maximum absolute atomic E-state index is 11.6. The van der Waals surface area contributed by atoms with Gasteiger partial charge in [0.25, 0.3) is 0 Å². The standard InChI is InChI=1S/C7H14F3N/c1-6(11-2)4-3-5-7(8,9)10/h6,11H,3-5H2,1-2H3. The summed E-state index contributed by atoms with van der Waals surface area (Å²) in [6, 6.07) is 0.178. The zero-order valence-electron chi connectivity index (χ0n) is 6.83. The molecule has 68 valence electrons. The van der Waals surface area contributed by atoms with Crippen LogP contribution in [0.25, 0.3) is 0 Å². The van der Waals surface area contributed by atoms with Gasteiger partial charge in [-0.05, 0) is 26.8 Å². The molecule has 11 heavy (non-hydrogen) atoms. The molecule has 0 heterocycles. The SMILES string of the molecule is CNC(C)CCCC(F)(F)F. The molecule has 0 rings (SSSR count). The Bertz CT molecular complexity index is 100. The van der Waals surface area contributed by atoms with E-state index in [0.29, 0.717) is 6.42 Å². The molecule has 0 saturated heterocycles. The van der Waals surface area contributed by atoms with E-state index in [4.69, 9.17) is 0 Å². The highest BCUT2D eigenvalue weighted by Gasteiger charge is 2.26. The predicted molar refractivity (Wildman–Crippen MR) is 38.4 cm³/mol. The summed E-state index contributed by atoms with van der Waals surface area (Å²) in [6.07, 6.45) is -3.87. The van der Waals surface area contributed by atoms with Gasteiger partial charge in [-0.2, -0.15) is 13.2 Å². The summed E-state index contributed by atoms with van der Waals surface area (Å²) in [5.41, 5.74) is 0. The van der Waals surface area contributed by atoms with Crippen LogP contribution in [0.4, 0.5) is 13.2 Å². The van der Waals surface area contributed by atoms with E-state index in [0.717, 1.165) is 0 Å². The van der Waals surface area contributed by atoms with Gasteiger partial charge in [0.15, 0.2) is 0 Å². The fourth-order valence-electron chi connectivity index (χ4n) is 0.753. The van der Waals surface area contributed by atoms with Gasteiger partial charge in [-0.15, -0.1) is 0 Å². The van der Waals surface area contributed by atoms with Crippen LogP contribution in [0.15, 0.2) is 0 Å². The van der Waals surface area contributed by atoms with E-state index >= 15 is 0 Å². The Labute approximate surface area is 65.0 Å². The van der Waals surface area contributed by atoms with Crippen LogP contribution >= 0.6 is 0 Å². The summed E-state index contributed by atoms with van der Waals surface area (Å²) in [7, 11) is 1.75. The van der Waals surface area contributed by atoms with Crippen LogP contribution in [0.2, 0.25) is 0 Å². The molecule has 0 aromatic heterocycles. The van der Waals surface area contributed by atoms with Crippen molar-refractivity contribution in [2.24, 2.45) is 0 Å². The molecule has 1 nitrogen and oxygen atoms in total. The normalized spacial score (nSPS) is 15.0. The van der Waals surface area contributed by atoms with E-state index in [1.807, 2.05) is 6.92 Å². The van der Waals surface area contributed by atoms with Crippen LogP contribution in [0.5, 0.6) is 0 Å². The van der Waals surface area contributed by atoms with E-state index in [-0.39, 0.29) is 12.5 Å².